The van der Waals surface area contributed by atoms with Crippen LogP contribution in [0, 0.1) is 5.82 Å². The molecule has 8 heteroatoms. The van der Waals surface area contributed by atoms with E-state index in [2.05, 4.69) is 5.32 Å². The molecule has 1 N–H and O–H groups in total. The van der Waals surface area contributed by atoms with Gasteiger partial charge in [0.25, 0.3) is 0 Å². The molecule has 1 fully saturated rings. The molecule has 0 aliphatic carbocycles. The van der Waals surface area contributed by atoms with Gasteiger partial charge in [-0.2, -0.15) is 13.2 Å². The van der Waals surface area contributed by atoms with Crippen molar-refractivity contribution in [2.24, 2.45) is 0 Å². The minimum atomic E-state index is -4.51. The average Bonchev–Trinajstić information content (AvgIpc) is 2.77. The molecule has 0 aromatic heterocycles. The van der Waals surface area contributed by atoms with E-state index in [1.165, 1.54) is 6.07 Å². The van der Waals surface area contributed by atoms with Gasteiger partial charge in [0, 0.05) is 36.3 Å². The molecule has 1 saturated heterocycles. The van der Waals surface area contributed by atoms with Crippen LogP contribution in [0.2, 0.25) is 5.02 Å². The summed E-state index contributed by atoms with van der Waals surface area (Å²) in [6, 6.07) is 4.03. The lowest BCUT2D eigenvalue weighted by Gasteiger charge is -2.17. The fourth-order valence-corrected chi connectivity index (χ4v) is 2.60. The average molecular weight is 339 g/mol. The van der Waals surface area contributed by atoms with E-state index in [0.29, 0.717) is 36.6 Å². The minimum Gasteiger partial charge on any atom is -0.352 e. The Labute approximate surface area is 130 Å². The second kappa shape index (κ2) is 6.83. The minimum absolute atomic E-state index is 0.306. The van der Waals surface area contributed by atoms with Crippen molar-refractivity contribution in [3.63, 3.8) is 0 Å². The van der Waals surface area contributed by atoms with Crippen molar-refractivity contribution in [3.8, 4) is 0 Å². The first-order valence-corrected chi connectivity index (χ1v) is 7.13. The molecule has 1 aliphatic rings. The number of rotatable bonds is 4. The summed E-state index contributed by atoms with van der Waals surface area (Å²) in [5.41, 5.74) is 0.465. The third kappa shape index (κ3) is 5.14. The van der Waals surface area contributed by atoms with Crippen LogP contribution in [0.5, 0.6) is 0 Å². The normalized spacial score (nSPS) is 19.4. The zero-order valence-electron chi connectivity index (χ0n) is 11.6. The summed E-state index contributed by atoms with van der Waals surface area (Å²) >= 11 is 5.67. The maximum atomic E-state index is 13.7. The Kier molecular flexibility index (Phi) is 5.28. The van der Waals surface area contributed by atoms with Gasteiger partial charge in [0.1, 0.15) is 12.2 Å². The molecule has 2 rings (SSSR count). The number of carbonyl (C=O) groups is 1. The molecule has 1 amide bonds. The second-order valence-corrected chi connectivity index (χ2v) is 5.75. The summed E-state index contributed by atoms with van der Waals surface area (Å²) in [4.78, 5) is 13.1. The van der Waals surface area contributed by atoms with Crippen molar-refractivity contribution in [3.05, 3.63) is 34.6 Å². The third-order valence-corrected chi connectivity index (χ3v) is 3.64. The maximum absolute atomic E-state index is 13.7. The van der Waals surface area contributed by atoms with E-state index < -0.39 is 24.3 Å². The second-order valence-electron chi connectivity index (χ2n) is 5.32. The third-order valence-electron chi connectivity index (χ3n) is 3.41. The van der Waals surface area contributed by atoms with E-state index in [-0.39, 0.29) is 6.04 Å². The van der Waals surface area contributed by atoms with Gasteiger partial charge in [0.2, 0.25) is 5.91 Å². The zero-order chi connectivity index (χ0) is 16.3. The molecule has 0 spiro atoms. The Hall–Kier alpha value is -1.34. The molecule has 1 aromatic carbocycles. The van der Waals surface area contributed by atoms with Crippen LogP contribution in [0.1, 0.15) is 18.4 Å². The fourth-order valence-electron chi connectivity index (χ4n) is 2.45. The molecule has 1 heterocycles. The van der Waals surface area contributed by atoms with E-state index in [1.54, 1.807) is 12.1 Å². The van der Waals surface area contributed by atoms with Crippen LogP contribution in [-0.4, -0.2) is 36.1 Å². The summed E-state index contributed by atoms with van der Waals surface area (Å²) < 4.78 is 50.0. The van der Waals surface area contributed by atoms with Gasteiger partial charge in [-0.25, -0.2) is 4.39 Å². The van der Waals surface area contributed by atoms with Crippen LogP contribution in [0.15, 0.2) is 18.2 Å². The summed E-state index contributed by atoms with van der Waals surface area (Å²) in [6.45, 7) is 1.30. The van der Waals surface area contributed by atoms with E-state index in [4.69, 9.17) is 11.6 Å². The van der Waals surface area contributed by atoms with Crippen molar-refractivity contribution < 1.29 is 22.4 Å². The topological polar surface area (TPSA) is 32.3 Å². The van der Waals surface area contributed by atoms with Gasteiger partial charge >= 0.3 is 6.18 Å². The molecule has 0 unspecified atom stereocenters. The van der Waals surface area contributed by atoms with Crippen molar-refractivity contribution in [2.45, 2.75) is 31.6 Å². The molecule has 122 valence electrons. The van der Waals surface area contributed by atoms with Crippen molar-refractivity contribution in [2.75, 3.05) is 13.1 Å². The predicted molar refractivity (Wildman–Crippen MR) is 73.9 cm³/mol. The molecular weight excluding hydrogens is 324 g/mol. The molecule has 1 atom stereocenters. The first-order valence-electron chi connectivity index (χ1n) is 6.75. The largest absolute Gasteiger partial charge is 0.397 e. The lowest BCUT2D eigenvalue weighted by atomic mass is 10.2. The summed E-state index contributed by atoms with van der Waals surface area (Å²) in [7, 11) is 0. The molecule has 3 nitrogen and oxygen atoms in total. The quantitative estimate of drug-likeness (QED) is 0.856. The van der Waals surface area contributed by atoms with E-state index in [9.17, 15) is 22.4 Å². The molecule has 1 aliphatic heterocycles. The van der Waals surface area contributed by atoms with Gasteiger partial charge < -0.3 is 5.32 Å². The Balaban J connectivity index is 1.84. The van der Waals surface area contributed by atoms with Gasteiger partial charge in [-0.1, -0.05) is 17.7 Å². The highest BCUT2D eigenvalue weighted by molar-refractivity contribution is 6.30. The number of benzene rings is 1. The Morgan fingerprint density at radius 1 is 1.41 bits per heavy atom. The highest BCUT2D eigenvalue weighted by Crippen LogP contribution is 2.21. The molecule has 1 aromatic rings. The van der Waals surface area contributed by atoms with Crippen LogP contribution in [0.3, 0.4) is 0 Å². The fraction of sp³-hybridized carbons (Fsp3) is 0.500. The van der Waals surface area contributed by atoms with Crippen LogP contribution < -0.4 is 5.32 Å². The standard InChI is InChI=1S/C14H15ClF4N2O/c15-10-2-1-9(12(16)5-10)7-21-4-3-11(8-21)20-13(22)6-14(17,18)19/h1-2,5,11H,3-4,6-8H2,(H,20,22)/t11-/m0/s1. The highest BCUT2D eigenvalue weighted by Gasteiger charge is 2.33. The van der Waals surface area contributed by atoms with E-state index in [1.807, 2.05) is 4.90 Å². The number of hydrogen-bond donors (Lipinski definition) is 1. The van der Waals surface area contributed by atoms with Crippen LogP contribution in [0.25, 0.3) is 0 Å². The van der Waals surface area contributed by atoms with Crippen LogP contribution >= 0.6 is 11.6 Å². The van der Waals surface area contributed by atoms with E-state index >= 15 is 0 Å². The summed E-state index contributed by atoms with van der Waals surface area (Å²) in [5.74, 6) is -1.45. The first kappa shape index (κ1) is 17.0. The highest BCUT2D eigenvalue weighted by atomic mass is 35.5. The molecule has 0 saturated carbocycles. The van der Waals surface area contributed by atoms with Crippen LogP contribution in [0.4, 0.5) is 17.6 Å². The predicted octanol–water partition coefficient (Wildman–Crippen LogP) is 3.12. The number of likely N-dealkylation sites (tertiary alicyclic amines) is 1. The van der Waals surface area contributed by atoms with Gasteiger partial charge in [-0.15, -0.1) is 0 Å². The Bertz CT molecular complexity index is 550. The van der Waals surface area contributed by atoms with E-state index in [0.717, 1.165) is 0 Å². The molecule has 0 bridgehead atoms. The molecule has 22 heavy (non-hydrogen) atoms. The monoisotopic (exact) mass is 338 g/mol. The van der Waals surface area contributed by atoms with Gasteiger partial charge in [-0.3, -0.25) is 9.69 Å². The summed E-state index contributed by atoms with van der Waals surface area (Å²) in [5, 5.41) is 2.66. The van der Waals surface area contributed by atoms with Gasteiger partial charge in [-0.05, 0) is 18.6 Å². The Morgan fingerprint density at radius 2 is 2.14 bits per heavy atom. The number of amides is 1. The summed E-state index contributed by atoms with van der Waals surface area (Å²) in [6.07, 6.45) is -5.44. The number of nitrogens with one attached hydrogen (secondary N) is 1. The SMILES string of the molecule is O=C(CC(F)(F)F)N[C@H]1CCN(Cc2ccc(Cl)cc2F)C1. The van der Waals surface area contributed by atoms with Gasteiger partial charge in [0.05, 0.1) is 0 Å². The number of carbonyl (C=O) groups excluding carboxylic acids is 1. The molecular formula is C14H15ClF4N2O. The lowest BCUT2D eigenvalue weighted by Crippen LogP contribution is -2.38. The number of halogens is 5. The van der Waals surface area contributed by atoms with Crippen molar-refractivity contribution >= 4 is 17.5 Å². The number of nitrogens with zero attached hydrogens (tertiary/aromatic N) is 1. The first-order chi connectivity index (χ1) is 10.2. The molecule has 0 radical (unpaired) electrons. The zero-order valence-corrected chi connectivity index (χ0v) is 12.3. The van der Waals surface area contributed by atoms with Crippen molar-refractivity contribution in [1.82, 2.24) is 10.2 Å². The van der Waals surface area contributed by atoms with Gasteiger partial charge in [0.15, 0.2) is 0 Å². The maximum Gasteiger partial charge on any atom is 0.397 e. The number of alkyl halides is 3. The lowest BCUT2D eigenvalue weighted by molar-refractivity contribution is -0.154. The Morgan fingerprint density at radius 3 is 2.77 bits per heavy atom. The van der Waals surface area contributed by atoms with Crippen molar-refractivity contribution in [1.29, 1.82) is 0 Å². The van der Waals surface area contributed by atoms with Crippen LogP contribution in [-0.2, 0) is 11.3 Å². The number of hydrogen-bond acceptors (Lipinski definition) is 2. The smallest absolute Gasteiger partial charge is 0.352 e.